The minimum absolute atomic E-state index is 0.534. The van der Waals surface area contributed by atoms with E-state index in [1.54, 1.807) is 0 Å². The molecule has 0 spiro atoms. The van der Waals surface area contributed by atoms with Gasteiger partial charge in [-0.2, -0.15) is 0 Å². The third-order valence-electron chi connectivity index (χ3n) is 2.57. The number of nitrogens with one attached hydrogen (secondary N) is 3. The SMILES string of the molecule is CCNC(=S)NNCc1ccc(-c2cccc(Cl)c2)o1. The molecule has 20 heavy (non-hydrogen) atoms. The van der Waals surface area contributed by atoms with Gasteiger partial charge in [0.15, 0.2) is 5.11 Å². The lowest BCUT2D eigenvalue weighted by atomic mass is 10.2. The van der Waals surface area contributed by atoms with Gasteiger partial charge in [0.2, 0.25) is 0 Å². The van der Waals surface area contributed by atoms with Crippen LogP contribution in [0.3, 0.4) is 0 Å². The number of hydrazine groups is 1. The van der Waals surface area contributed by atoms with Crippen LogP contribution in [0.1, 0.15) is 12.7 Å². The maximum atomic E-state index is 5.96. The molecule has 1 aromatic heterocycles. The highest BCUT2D eigenvalue weighted by Crippen LogP contribution is 2.24. The van der Waals surface area contributed by atoms with Crippen LogP contribution in [0.2, 0.25) is 5.02 Å². The van der Waals surface area contributed by atoms with Gasteiger partial charge in [0.05, 0.1) is 6.54 Å². The smallest absolute Gasteiger partial charge is 0.180 e. The second-order valence-electron chi connectivity index (χ2n) is 4.11. The summed E-state index contributed by atoms with van der Waals surface area (Å²) in [5.74, 6) is 1.60. The molecule has 1 heterocycles. The van der Waals surface area contributed by atoms with Gasteiger partial charge >= 0.3 is 0 Å². The Balaban J connectivity index is 1.91. The second kappa shape index (κ2) is 7.28. The zero-order chi connectivity index (χ0) is 14.4. The van der Waals surface area contributed by atoms with E-state index in [1.165, 1.54) is 0 Å². The lowest BCUT2D eigenvalue weighted by Crippen LogP contribution is -2.43. The molecule has 0 aliphatic heterocycles. The van der Waals surface area contributed by atoms with Crippen LogP contribution < -0.4 is 16.2 Å². The van der Waals surface area contributed by atoms with Gasteiger partial charge in [0.25, 0.3) is 0 Å². The van der Waals surface area contributed by atoms with Crippen LogP contribution in [0.25, 0.3) is 11.3 Å². The first-order valence-electron chi connectivity index (χ1n) is 6.30. The maximum Gasteiger partial charge on any atom is 0.180 e. The van der Waals surface area contributed by atoms with Crippen molar-refractivity contribution in [3.63, 3.8) is 0 Å². The van der Waals surface area contributed by atoms with E-state index in [1.807, 2.05) is 43.3 Å². The highest BCUT2D eigenvalue weighted by atomic mass is 35.5. The van der Waals surface area contributed by atoms with Crippen molar-refractivity contribution in [1.82, 2.24) is 16.2 Å². The molecule has 106 valence electrons. The van der Waals surface area contributed by atoms with Crippen LogP contribution in [-0.2, 0) is 6.54 Å². The normalized spacial score (nSPS) is 10.3. The van der Waals surface area contributed by atoms with Gasteiger partial charge in [-0.15, -0.1) is 0 Å². The van der Waals surface area contributed by atoms with Crippen molar-refractivity contribution in [2.45, 2.75) is 13.5 Å². The van der Waals surface area contributed by atoms with E-state index < -0.39 is 0 Å². The third kappa shape index (κ3) is 4.23. The van der Waals surface area contributed by atoms with E-state index in [9.17, 15) is 0 Å². The molecule has 0 atom stereocenters. The van der Waals surface area contributed by atoms with Crippen molar-refractivity contribution < 1.29 is 4.42 Å². The standard InChI is InChI=1S/C14H16ClN3OS/c1-2-16-14(20)18-17-9-12-6-7-13(19-12)10-4-3-5-11(15)8-10/h3-8,17H,2,9H2,1H3,(H2,16,18,20). The van der Waals surface area contributed by atoms with Crippen molar-refractivity contribution in [3.05, 3.63) is 47.2 Å². The summed E-state index contributed by atoms with van der Waals surface area (Å²) in [4.78, 5) is 0. The third-order valence-corrected chi connectivity index (χ3v) is 3.05. The van der Waals surface area contributed by atoms with Gasteiger partial charge in [-0.3, -0.25) is 5.43 Å². The van der Waals surface area contributed by atoms with Crippen molar-refractivity contribution in [2.75, 3.05) is 6.54 Å². The predicted octanol–water partition coefficient (Wildman–Crippen LogP) is 3.09. The van der Waals surface area contributed by atoms with E-state index in [-0.39, 0.29) is 0 Å². The molecule has 0 radical (unpaired) electrons. The fraction of sp³-hybridized carbons (Fsp3) is 0.214. The van der Waals surface area contributed by atoms with E-state index >= 15 is 0 Å². The van der Waals surface area contributed by atoms with E-state index in [0.29, 0.717) is 16.7 Å². The Kier molecular flexibility index (Phi) is 5.40. The highest BCUT2D eigenvalue weighted by molar-refractivity contribution is 7.80. The lowest BCUT2D eigenvalue weighted by molar-refractivity contribution is 0.484. The summed E-state index contributed by atoms with van der Waals surface area (Å²) in [6.07, 6.45) is 0. The van der Waals surface area contributed by atoms with E-state index in [2.05, 4.69) is 16.2 Å². The number of furan rings is 1. The Morgan fingerprint density at radius 2 is 2.15 bits per heavy atom. The minimum Gasteiger partial charge on any atom is -0.460 e. The van der Waals surface area contributed by atoms with Crippen LogP contribution in [0.15, 0.2) is 40.8 Å². The zero-order valence-corrected chi connectivity index (χ0v) is 12.6. The highest BCUT2D eigenvalue weighted by Gasteiger charge is 2.05. The first kappa shape index (κ1) is 14.8. The molecule has 0 bridgehead atoms. The lowest BCUT2D eigenvalue weighted by Gasteiger charge is -2.08. The summed E-state index contributed by atoms with van der Waals surface area (Å²) in [6, 6.07) is 11.4. The van der Waals surface area contributed by atoms with Gasteiger partial charge < -0.3 is 9.73 Å². The van der Waals surface area contributed by atoms with Crippen molar-refractivity contribution in [1.29, 1.82) is 0 Å². The molecule has 2 aromatic rings. The molecule has 3 N–H and O–H groups in total. The number of rotatable bonds is 5. The molecule has 2 rings (SSSR count). The Morgan fingerprint density at radius 3 is 2.90 bits per heavy atom. The maximum absolute atomic E-state index is 5.96. The number of hydrogen-bond acceptors (Lipinski definition) is 3. The minimum atomic E-state index is 0.534. The molecular weight excluding hydrogens is 294 g/mol. The summed E-state index contributed by atoms with van der Waals surface area (Å²) in [5, 5.41) is 4.24. The average Bonchev–Trinajstić information content (AvgIpc) is 2.88. The van der Waals surface area contributed by atoms with E-state index in [0.717, 1.165) is 23.6 Å². The van der Waals surface area contributed by atoms with Gasteiger partial charge in [-0.1, -0.05) is 23.7 Å². The summed E-state index contributed by atoms with van der Waals surface area (Å²) in [5.41, 5.74) is 6.83. The van der Waals surface area contributed by atoms with Crippen LogP contribution in [-0.4, -0.2) is 11.7 Å². The van der Waals surface area contributed by atoms with Crippen LogP contribution >= 0.6 is 23.8 Å². The Morgan fingerprint density at radius 1 is 1.30 bits per heavy atom. The summed E-state index contributed by atoms with van der Waals surface area (Å²) in [7, 11) is 0. The monoisotopic (exact) mass is 309 g/mol. The predicted molar refractivity (Wildman–Crippen MR) is 85.4 cm³/mol. The summed E-state index contributed by atoms with van der Waals surface area (Å²) in [6.45, 7) is 3.30. The first-order valence-corrected chi connectivity index (χ1v) is 7.09. The average molecular weight is 310 g/mol. The molecular formula is C14H16ClN3OS. The zero-order valence-electron chi connectivity index (χ0n) is 11.1. The quantitative estimate of drug-likeness (QED) is 0.585. The fourth-order valence-electron chi connectivity index (χ4n) is 1.69. The Labute approximate surface area is 128 Å². The Bertz CT molecular complexity index is 585. The first-order chi connectivity index (χ1) is 9.69. The number of halogens is 1. The summed E-state index contributed by atoms with van der Waals surface area (Å²) >= 11 is 11.0. The van der Waals surface area contributed by atoms with Crippen molar-refractivity contribution in [2.24, 2.45) is 0 Å². The number of thiocarbonyl (C=S) groups is 1. The molecule has 6 heteroatoms. The molecule has 1 aromatic carbocycles. The van der Waals surface area contributed by atoms with E-state index in [4.69, 9.17) is 28.2 Å². The largest absolute Gasteiger partial charge is 0.460 e. The second-order valence-corrected chi connectivity index (χ2v) is 4.96. The number of benzene rings is 1. The molecule has 0 aliphatic rings. The van der Waals surface area contributed by atoms with Gasteiger partial charge in [-0.05, 0) is 43.4 Å². The van der Waals surface area contributed by atoms with Gasteiger partial charge in [0, 0.05) is 17.1 Å². The molecule has 0 amide bonds. The molecule has 0 fully saturated rings. The molecule has 4 nitrogen and oxygen atoms in total. The van der Waals surface area contributed by atoms with Crippen LogP contribution in [0.4, 0.5) is 0 Å². The summed E-state index contributed by atoms with van der Waals surface area (Å²) < 4.78 is 5.74. The van der Waals surface area contributed by atoms with Gasteiger partial charge in [0.1, 0.15) is 11.5 Å². The van der Waals surface area contributed by atoms with Crippen molar-refractivity contribution >= 4 is 28.9 Å². The fourth-order valence-corrected chi connectivity index (χ4v) is 2.09. The molecule has 0 unspecified atom stereocenters. The van der Waals surface area contributed by atoms with Crippen LogP contribution in [0, 0.1) is 0 Å². The molecule has 0 aliphatic carbocycles. The number of hydrogen-bond donors (Lipinski definition) is 3. The topological polar surface area (TPSA) is 49.2 Å². The molecule has 0 saturated heterocycles. The Hall–Kier alpha value is -1.56. The van der Waals surface area contributed by atoms with Crippen molar-refractivity contribution in [3.8, 4) is 11.3 Å². The van der Waals surface area contributed by atoms with Gasteiger partial charge in [-0.25, -0.2) is 5.43 Å². The molecule has 0 saturated carbocycles. The van der Waals surface area contributed by atoms with Crippen LogP contribution in [0.5, 0.6) is 0 Å².